The molecule has 5 heteroatoms. The molecule has 1 rings (SSSR count). The number of hydrogen-bond donors (Lipinski definition) is 2. The number of carboxylic acids is 1. The van der Waals surface area contributed by atoms with Crippen LogP contribution in [-0.4, -0.2) is 41.5 Å². The van der Waals surface area contributed by atoms with Gasteiger partial charge in [-0.05, 0) is 25.1 Å². The summed E-state index contributed by atoms with van der Waals surface area (Å²) in [6.45, 7) is 4.25. The Bertz CT molecular complexity index is 460. The van der Waals surface area contributed by atoms with Crippen LogP contribution in [0, 0.1) is 6.92 Å². The van der Waals surface area contributed by atoms with E-state index in [2.05, 4.69) is 5.32 Å². The standard InChI is InChI=1S/C14H20N2O3/c1-10-6-4-5-7-12(10)8-16(3)9-13(14(18)19)15-11(2)17/h4-7,13H,8-9H2,1-3H3,(H,15,17)(H,18,19). The van der Waals surface area contributed by atoms with Crippen LogP contribution in [0.3, 0.4) is 0 Å². The Kier molecular flexibility index (Phi) is 5.51. The lowest BCUT2D eigenvalue weighted by Gasteiger charge is -2.22. The zero-order valence-corrected chi connectivity index (χ0v) is 11.5. The van der Waals surface area contributed by atoms with E-state index in [1.165, 1.54) is 12.5 Å². The molecule has 1 aromatic rings. The molecule has 5 nitrogen and oxygen atoms in total. The van der Waals surface area contributed by atoms with Crippen LogP contribution in [-0.2, 0) is 16.1 Å². The minimum atomic E-state index is -1.02. The van der Waals surface area contributed by atoms with Gasteiger partial charge >= 0.3 is 5.97 Å². The Morgan fingerprint density at radius 1 is 1.37 bits per heavy atom. The molecular weight excluding hydrogens is 244 g/mol. The number of amides is 1. The first-order valence-corrected chi connectivity index (χ1v) is 6.13. The molecule has 1 atom stereocenters. The molecule has 1 unspecified atom stereocenters. The van der Waals surface area contributed by atoms with Crippen LogP contribution in [0.5, 0.6) is 0 Å². The molecule has 0 heterocycles. The van der Waals surface area contributed by atoms with E-state index in [0.717, 1.165) is 5.56 Å². The lowest BCUT2D eigenvalue weighted by Crippen LogP contribution is -2.46. The first kappa shape index (κ1) is 15.2. The van der Waals surface area contributed by atoms with Gasteiger partial charge in [0, 0.05) is 20.0 Å². The van der Waals surface area contributed by atoms with E-state index in [4.69, 9.17) is 5.11 Å². The van der Waals surface area contributed by atoms with Crippen LogP contribution in [0.1, 0.15) is 18.1 Å². The lowest BCUT2D eigenvalue weighted by atomic mass is 10.1. The predicted molar refractivity (Wildman–Crippen MR) is 72.8 cm³/mol. The number of carboxylic acid groups (broad SMARTS) is 1. The molecule has 1 aromatic carbocycles. The maximum atomic E-state index is 11.0. The minimum Gasteiger partial charge on any atom is -0.480 e. The first-order valence-electron chi connectivity index (χ1n) is 6.13. The molecule has 0 aromatic heterocycles. The number of nitrogens with zero attached hydrogens (tertiary/aromatic N) is 1. The molecule has 0 bridgehead atoms. The molecule has 104 valence electrons. The Morgan fingerprint density at radius 3 is 2.53 bits per heavy atom. The zero-order valence-electron chi connectivity index (χ0n) is 11.5. The fourth-order valence-electron chi connectivity index (χ4n) is 1.89. The largest absolute Gasteiger partial charge is 0.480 e. The molecule has 0 spiro atoms. The summed E-state index contributed by atoms with van der Waals surface area (Å²) in [4.78, 5) is 23.9. The average Bonchev–Trinajstić information content (AvgIpc) is 2.30. The predicted octanol–water partition coefficient (Wildman–Crippen LogP) is 1.02. The van der Waals surface area contributed by atoms with Gasteiger partial charge in [0.2, 0.25) is 5.91 Å². The number of benzene rings is 1. The van der Waals surface area contributed by atoms with Gasteiger partial charge in [-0.2, -0.15) is 0 Å². The number of aryl methyl sites for hydroxylation is 1. The summed E-state index contributed by atoms with van der Waals surface area (Å²) in [5.74, 6) is -1.36. The van der Waals surface area contributed by atoms with Crippen LogP contribution < -0.4 is 5.32 Å². The molecule has 0 fully saturated rings. The second kappa shape index (κ2) is 6.89. The van der Waals surface area contributed by atoms with Crippen molar-refractivity contribution < 1.29 is 14.7 Å². The van der Waals surface area contributed by atoms with Crippen molar-refractivity contribution in [2.24, 2.45) is 0 Å². The van der Waals surface area contributed by atoms with Crippen molar-refractivity contribution in [1.82, 2.24) is 10.2 Å². The fourth-order valence-corrected chi connectivity index (χ4v) is 1.89. The van der Waals surface area contributed by atoms with Crippen molar-refractivity contribution >= 4 is 11.9 Å². The molecular formula is C14H20N2O3. The number of likely N-dealkylation sites (N-methyl/N-ethyl adjacent to an activating group) is 1. The lowest BCUT2D eigenvalue weighted by molar-refractivity contribution is -0.142. The van der Waals surface area contributed by atoms with Crippen molar-refractivity contribution in [3.8, 4) is 0 Å². The third-order valence-corrected chi connectivity index (χ3v) is 2.87. The maximum Gasteiger partial charge on any atom is 0.327 e. The molecule has 0 saturated heterocycles. The number of carbonyl (C=O) groups is 2. The van der Waals surface area contributed by atoms with Crippen LogP contribution >= 0.6 is 0 Å². The number of rotatable bonds is 6. The number of carbonyl (C=O) groups excluding carboxylic acids is 1. The van der Waals surface area contributed by atoms with E-state index in [9.17, 15) is 9.59 Å². The summed E-state index contributed by atoms with van der Waals surface area (Å²) < 4.78 is 0. The Hall–Kier alpha value is -1.88. The van der Waals surface area contributed by atoms with Gasteiger partial charge in [0.1, 0.15) is 6.04 Å². The summed E-state index contributed by atoms with van der Waals surface area (Å²) in [5.41, 5.74) is 2.32. The molecule has 0 aliphatic rings. The zero-order chi connectivity index (χ0) is 14.4. The third kappa shape index (κ3) is 5.09. The molecule has 0 aliphatic carbocycles. The average molecular weight is 264 g/mol. The van der Waals surface area contributed by atoms with Gasteiger partial charge in [-0.3, -0.25) is 9.69 Å². The van der Waals surface area contributed by atoms with Crippen LogP contribution in [0.2, 0.25) is 0 Å². The molecule has 19 heavy (non-hydrogen) atoms. The van der Waals surface area contributed by atoms with Gasteiger partial charge in [-0.1, -0.05) is 24.3 Å². The SMILES string of the molecule is CC(=O)NC(CN(C)Cc1ccccc1C)C(=O)O. The summed E-state index contributed by atoms with van der Waals surface area (Å²) in [7, 11) is 1.84. The fraction of sp³-hybridized carbons (Fsp3) is 0.429. The smallest absolute Gasteiger partial charge is 0.327 e. The topological polar surface area (TPSA) is 69.6 Å². The van der Waals surface area contributed by atoms with Crippen molar-refractivity contribution in [3.63, 3.8) is 0 Å². The van der Waals surface area contributed by atoms with Crippen molar-refractivity contribution in [1.29, 1.82) is 0 Å². The first-order chi connectivity index (χ1) is 8.90. The van der Waals surface area contributed by atoms with Crippen LogP contribution in [0.25, 0.3) is 0 Å². The monoisotopic (exact) mass is 264 g/mol. The van der Waals surface area contributed by atoms with E-state index >= 15 is 0 Å². The Balaban J connectivity index is 2.62. The maximum absolute atomic E-state index is 11.0. The van der Waals surface area contributed by atoms with Crippen molar-refractivity contribution in [2.45, 2.75) is 26.4 Å². The summed E-state index contributed by atoms with van der Waals surface area (Å²) in [6, 6.07) is 7.08. The second-order valence-electron chi connectivity index (χ2n) is 4.71. The van der Waals surface area contributed by atoms with E-state index in [1.807, 2.05) is 43.1 Å². The molecule has 0 radical (unpaired) electrons. The van der Waals surface area contributed by atoms with Gasteiger partial charge in [0.05, 0.1) is 0 Å². The second-order valence-corrected chi connectivity index (χ2v) is 4.71. The molecule has 0 saturated carbocycles. The van der Waals surface area contributed by atoms with E-state index < -0.39 is 12.0 Å². The minimum absolute atomic E-state index is 0.267. The van der Waals surface area contributed by atoms with Gasteiger partial charge in [0.25, 0.3) is 0 Å². The van der Waals surface area contributed by atoms with Gasteiger partial charge < -0.3 is 10.4 Å². The number of aliphatic carboxylic acids is 1. The van der Waals surface area contributed by atoms with Crippen molar-refractivity contribution in [3.05, 3.63) is 35.4 Å². The highest BCUT2D eigenvalue weighted by atomic mass is 16.4. The van der Waals surface area contributed by atoms with Crippen LogP contribution in [0.4, 0.5) is 0 Å². The molecule has 0 aliphatic heterocycles. The molecule has 1 amide bonds. The Labute approximate surface area is 113 Å². The molecule has 2 N–H and O–H groups in total. The van der Waals surface area contributed by atoms with E-state index in [-0.39, 0.29) is 12.5 Å². The third-order valence-electron chi connectivity index (χ3n) is 2.87. The van der Waals surface area contributed by atoms with Gasteiger partial charge in [0.15, 0.2) is 0 Å². The highest BCUT2D eigenvalue weighted by molar-refractivity contribution is 5.82. The number of hydrogen-bond acceptors (Lipinski definition) is 3. The van der Waals surface area contributed by atoms with Gasteiger partial charge in [-0.25, -0.2) is 4.79 Å². The van der Waals surface area contributed by atoms with Gasteiger partial charge in [-0.15, -0.1) is 0 Å². The highest BCUT2D eigenvalue weighted by Gasteiger charge is 2.20. The highest BCUT2D eigenvalue weighted by Crippen LogP contribution is 2.09. The van der Waals surface area contributed by atoms with E-state index in [0.29, 0.717) is 6.54 Å². The van der Waals surface area contributed by atoms with Crippen molar-refractivity contribution in [2.75, 3.05) is 13.6 Å². The van der Waals surface area contributed by atoms with E-state index in [1.54, 1.807) is 0 Å². The van der Waals surface area contributed by atoms with Crippen LogP contribution in [0.15, 0.2) is 24.3 Å². The summed E-state index contributed by atoms with van der Waals surface area (Å²) in [5, 5.41) is 11.5. The normalized spacial score (nSPS) is 12.2. The summed E-state index contributed by atoms with van der Waals surface area (Å²) >= 11 is 0. The Morgan fingerprint density at radius 2 is 2.00 bits per heavy atom. The summed E-state index contributed by atoms with van der Waals surface area (Å²) in [6.07, 6.45) is 0. The quantitative estimate of drug-likeness (QED) is 0.804. The number of nitrogens with one attached hydrogen (secondary N) is 1.